The minimum absolute atomic E-state index is 0.0719. The summed E-state index contributed by atoms with van der Waals surface area (Å²) in [7, 11) is 0. The fourth-order valence-electron chi connectivity index (χ4n) is 1.92. The van der Waals surface area contributed by atoms with Gasteiger partial charge in [-0.25, -0.2) is 9.18 Å². The Labute approximate surface area is 132 Å². The average molecular weight is 322 g/mol. The molecule has 0 fully saturated rings. The van der Waals surface area contributed by atoms with Gasteiger partial charge in [-0.15, -0.1) is 0 Å². The van der Waals surface area contributed by atoms with Crippen LogP contribution in [0.15, 0.2) is 46.1 Å². The van der Waals surface area contributed by atoms with E-state index >= 15 is 0 Å². The van der Waals surface area contributed by atoms with E-state index in [0.717, 1.165) is 5.56 Å². The fourth-order valence-corrected chi connectivity index (χ4v) is 1.92. The van der Waals surface area contributed by atoms with E-state index in [1.807, 2.05) is 30.3 Å². The van der Waals surface area contributed by atoms with Crippen molar-refractivity contribution in [2.45, 2.75) is 26.4 Å². The van der Waals surface area contributed by atoms with E-state index in [4.69, 9.17) is 9.47 Å². The van der Waals surface area contributed by atoms with Crippen molar-refractivity contribution in [2.75, 3.05) is 13.3 Å². The van der Waals surface area contributed by atoms with Crippen LogP contribution in [0.2, 0.25) is 0 Å². The van der Waals surface area contributed by atoms with Crippen LogP contribution in [0.1, 0.15) is 11.1 Å². The van der Waals surface area contributed by atoms with Crippen LogP contribution in [0, 0.1) is 6.92 Å². The number of nitrogens with one attached hydrogen (secondary N) is 1. The second kappa shape index (κ2) is 8.40. The highest BCUT2D eigenvalue weighted by Crippen LogP contribution is 2.03. The van der Waals surface area contributed by atoms with Crippen LogP contribution < -0.4 is 11.2 Å². The first-order valence-electron chi connectivity index (χ1n) is 7.19. The standard InChI is InChI=1S/C16H19FN2O4/c1-12-8-19(16(21)18-15(12)20)11-23-14(7-17)10-22-9-13-5-3-2-4-6-13/h2-6,8,14H,7,9-11H2,1H3,(H,18,20,21)/t14-/m0/s1. The lowest BCUT2D eigenvalue weighted by molar-refractivity contribution is -0.0592. The molecule has 0 bridgehead atoms. The van der Waals surface area contributed by atoms with Crippen molar-refractivity contribution in [3.05, 3.63) is 68.5 Å². The number of rotatable bonds is 8. The number of nitrogens with zero attached hydrogens (tertiary/aromatic N) is 1. The monoisotopic (exact) mass is 322 g/mol. The molecule has 124 valence electrons. The van der Waals surface area contributed by atoms with Gasteiger partial charge in [-0.1, -0.05) is 30.3 Å². The third-order valence-corrected chi connectivity index (χ3v) is 3.23. The van der Waals surface area contributed by atoms with Gasteiger partial charge in [0.2, 0.25) is 0 Å². The number of benzene rings is 1. The molecule has 0 spiro atoms. The van der Waals surface area contributed by atoms with E-state index in [9.17, 15) is 14.0 Å². The molecule has 0 saturated heterocycles. The Morgan fingerprint density at radius 2 is 2.00 bits per heavy atom. The minimum atomic E-state index is -0.780. The number of aromatic amines is 1. The normalized spacial score (nSPS) is 12.3. The van der Waals surface area contributed by atoms with E-state index < -0.39 is 24.0 Å². The molecule has 0 amide bonds. The van der Waals surface area contributed by atoms with Crippen LogP contribution in [0.5, 0.6) is 0 Å². The second-order valence-electron chi connectivity index (χ2n) is 5.11. The summed E-state index contributed by atoms with van der Waals surface area (Å²) in [5.41, 5.74) is 0.325. The lowest BCUT2D eigenvalue weighted by atomic mass is 10.2. The number of H-pyrrole nitrogens is 1. The molecule has 0 aliphatic carbocycles. The van der Waals surface area contributed by atoms with Gasteiger partial charge in [-0.3, -0.25) is 14.3 Å². The van der Waals surface area contributed by atoms with Crippen molar-refractivity contribution in [1.82, 2.24) is 9.55 Å². The molecule has 0 saturated carbocycles. The molecule has 23 heavy (non-hydrogen) atoms. The Hall–Kier alpha value is -2.25. The van der Waals surface area contributed by atoms with Crippen molar-refractivity contribution >= 4 is 0 Å². The molecule has 0 unspecified atom stereocenters. The van der Waals surface area contributed by atoms with Gasteiger partial charge in [0, 0.05) is 11.8 Å². The molecule has 6 nitrogen and oxygen atoms in total. The van der Waals surface area contributed by atoms with Gasteiger partial charge < -0.3 is 9.47 Å². The Balaban J connectivity index is 1.84. The predicted octanol–water partition coefficient (Wildman–Crippen LogP) is 1.37. The number of aryl methyl sites for hydroxylation is 1. The topological polar surface area (TPSA) is 73.3 Å². The second-order valence-corrected chi connectivity index (χ2v) is 5.11. The van der Waals surface area contributed by atoms with Crippen molar-refractivity contribution in [3.63, 3.8) is 0 Å². The zero-order valence-electron chi connectivity index (χ0n) is 12.8. The van der Waals surface area contributed by atoms with Gasteiger partial charge in [0.1, 0.15) is 19.5 Å². The Bertz CT molecular complexity index is 727. The summed E-state index contributed by atoms with van der Waals surface area (Å²) in [6, 6.07) is 9.52. The number of halogens is 1. The van der Waals surface area contributed by atoms with Crippen LogP contribution >= 0.6 is 0 Å². The molecule has 1 aromatic carbocycles. The molecule has 0 aliphatic rings. The fraction of sp³-hybridized carbons (Fsp3) is 0.375. The largest absolute Gasteiger partial charge is 0.374 e. The highest BCUT2D eigenvalue weighted by Gasteiger charge is 2.10. The zero-order valence-corrected chi connectivity index (χ0v) is 12.8. The highest BCUT2D eigenvalue weighted by atomic mass is 19.1. The highest BCUT2D eigenvalue weighted by molar-refractivity contribution is 5.13. The summed E-state index contributed by atoms with van der Waals surface area (Å²) < 4.78 is 24.9. The summed E-state index contributed by atoms with van der Waals surface area (Å²) in [4.78, 5) is 25.0. The zero-order chi connectivity index (χ0) is 16.7. The molecule has 0 radical (unpaired) electrons. The lowest BCUT2D eigenvalue weighted by Crippen LogP contribution is -2.33. The first kappa shape index (κ1) is 17.1. The van der Waals surface area contributed by atoms with E-state index in [-0.39, 0.29) is 13.3 Å². The van der Waals surface area contributed by atoms with Crippen molar-refractivity contribution < 1.29 is 13.9 Å². The van der Waals surface area contributed by atoms with E-state index in [1.54, 1.807) is 6.92 Å². The van der Waals surface area contributed by atoms with Crippen LogP contribution in [0.3, 0.4) is 0 Å². The number of ether oxygens (including phenoxy) is 2. The van der Waals surface area contributed by atoms with Crippen molar-refractivity contribution in [1.29, 1.82) is 0 Å². The predicted molar refractivity (Wildman–Crippen MR) is 83.0 cm³/mol. The Morgan fingerprint density at radius 1 is 1.26 bits per heavy atom. The van der Waals surface area contributed by atoms with Gasteiger partial charge in [-0.2, -0.15) is 0 Å². The van der Waals surface area contributed by atoms with Gasteiger partial charge in [0.05, 0.1) is 13.2 Å². The summed E-state index contributed by atoms with van der Waals surface area (Å²) in [6.07, 6.45) is 0.597. The smallest absolute Gasteiger partial charge is 0.330 e. The van der Waals surface area contributed by atoms with E-state index in [2.05, 4.69) is 4.98 Å². The molecule has 2 rings (SSSR count). The van der Waals surface area contributed by atoms with Crippen LogP contribution in [-0.4, -0.2) is 28.9 Å². The first-order chi connectivity index (χ1) is 11.1. The van der Waals surface area contributed by atoms with Crippen LogP contribution in [0.4, 0.5) is 4.39 Å². The van der Waals surface area contributed by atoms with Gasteiger partial charge in [0.15, 0.2) is 0 Å². The maximum absolute atomic E-state index is 13.0. The van der Waals surface area contributed by atoms with Crippen LogP contribution in [-0.2, 0) is 22.8 Å². The molecule has 1 N–H and O–H groups in total. The Morgan fingerprint density at radius 3 is 2.70 bits per heavy atom. The third kappa shape index (κ3) is 5.15. The van der Waals surface area contributed by atoms with E-state index in [0.29, 0.717) is 12.2 Å². The summed E-state index contributed by atoms with van der Waals surface area (Å²) in [5.74, 6) is 0. The maximum Gasteiger partial charge on any atom is 0.330 e. The Kier molecular flexibility index (Phi) is 6.25. The molecular weight excluding hydrogens is 303 g/mol. The first-order valence-corrected chi connectivity index (χ1v) is 7.19. The maximum atomic E-state index is 13.0. The SMILES string of the molecule is Cc1cn(CO[C@@H](CF)COCc2ccccc2)c(=O)[nH]c1=O. The number of alkyl halides is 1. The molecular formula is C16H19FN2O4. The average Bonchev–Trinajstić information content (AvgIpc) is 2.56. The van der Waals surface area contributed by atoms with Crippen LogP contribution in [0.25, 0.3) is 0 Å². The molecule has 1 atom stereocenters. The lowest BCUT2D eigenvalue weighted by Gasteiger charge is -2.16. The van der Waals surface area contributed by atoms with E-state index in [1.165, 1.54) is 10.8 Å². The van der Waals surface area contributed by atoms with Crippen molar-refractivity contribution in [3.8, 4) is 0 Å². The third-order valence-electron chi connectivity index (χ3n) is 3.23. The summed E-state index contributed by atoms with van der Waals surface area (Å²) >= 11 is 0. The molecule has 0 aliphatic heterocycles. The van der Waals surface area contributed by atoms with Crippen molar-refractivity contribution in [2.24, 2.45) is 0 Å². The minimum Gasteiger partial charge on any atom is -0.374 e. The van der Waals surface area contributed by atoms with Gasteiger partial charge >= 0.3 is 5.69 Å². The number of hydrogen-bond acceptors (Lipinski definition) is 4. The number of hydrogen-bond donors (Lipinski definition) is 1. The molecule has 1 aromatic heterocycles. The molecule has 2 aromatic rings. The van der Waals surface area contributed by atoms with Gasteiger partial charge in [0.25, 0.3) is 5.56 Å². The quantitative estimate of drug-likeness (QED) is 0.797. The molecule has 7 heteroatoms. The summed E-state index contributed by atoms with van der Waals surface area (Å²) in [5, 5.41) is 0. The molecule has 1 heterocycles. The summed E-state index contributed by atoms with van der Waals surface area (Å²) in [6.45, 7) is 1.12. The number of aromatic nitrogens is 2. The van der Waals surface area contributed by atoms with Gasteiger partial charge in [-0.05, 0) is 12.5 Å².